The lowest BCUT2D eigenvalue weighted by molar-refractivity contribution is -0.0500. The van der Waals surface area contributed by atoms with Crippen molar-refractivity contribution >= 4 is 10.1 Å². The fourth-order valence-electron chi connectivity index (χ4n) is 5.26. The third-order valence-electron chi connectivity index (χ3n) is 7.40. The van der Waals surface area contributed by atoms with Gasteiger partial charge in [0.05, 0.1) is 5.69 Å². The third kappa shape index (κ3) is 6.41. The van der Waals surface area contributed by atoms with Crippen molar-refractivity contribution in [2.75, 3.05) is 0 Å². The largest absolute Gasteiger partial charge is 0.534 e. The highest BCUT2D eigenvalue weighted by molar-refractivity contribution is 7.88. The van der Waals surface area contributed by atoms with Crippen LogP contribution in [0.15, 0.2) is 134 Å². The molecule has 0 saturated heterocycles. The van der Waals surface area contributed by atoms with Crippen molar-refractivity contribution in [3.05, 3.63) is 145 Å². The number of aryl methyl sites for hydroxylation is 1. The predicted molar refractivity (Wildman–Crippen MR) is 172 cm³/mol. The maximum Gasteiger partial charge on any atom is 0.534 e. The molecule has 0 bridgehead atoms. The van der Waals surface area contributed by atoms with Crippen molar-refractivity contribution < 1.29 is 30.2 Å². The number of benzene rings is 5. The Labute approximate surface area is 263 Å². The first-order valence-corrected chi connectivity index (χ1v) is 15.5. The van der Waals surface area contributed by atoms with E-state index in [1.807, 2.05) is 91.0 Å². The summed E-state index contributed by atoms with van der Waals surface area (Å²) in [6.07, 6.45) is 1.68. The van der Waals surface area contributed by atoms with Crippen molar-refractivity contribution in [1.82, 2.24) is 4.98 Å². The van der Waals surface area contributed by atoms with Gasteiger partial charge < -0.3 is 4.18 Å². The minimum Gasteiger partial charge on any atom is -0.376 e. The highest BCUT2D eigenvalue weighted by Gasteiger charge is 2.48. The van der Waals surface area contributed by atoms with Crippen LogP contribution in [0.25, 0.3) is 55.8 Å². The molecule has 230 valence electrons. The quantitative estimate of drug-likeness (QED) is 0.0991. The number of alkyl halides is 3. The molecule has 0 fully saturated rings. The first-order valence-electron chi connectivity index (χ1n) is 14.1. The molecule has 0 radical (unpaired) electrons. The summed E-state index contributed by atoms with van der Waals surface area (Å²) in [5.41, 5.74) is 1.85. The Hall–Kier alpha value is -5.28. The topological polar surface area (TPSA) is 56.3 Å². The zero-order chi connectivity index (χ0) is 32.5. The zero-order valence-electron chi connectivity index (χ0n) is 24.3. The molecule has 0 amide bonds. The second-order valence-electron chi connectivity index (χ2n) is 10.6. The average Bonchev–Trinajstić information content (AvgIpc) is 3.04. The number of nitrogens with zero attached hydrogens (tertiary/aromatic N) is 1. The number of rotatable bonds is 7. The van der Waals surface area contributed by atoms with Gasteiger partial charge in [0.2, 0.25) is 0 Å². The van der Waals surface area contributed by atoms with Gasteiger partial charge in [-0.2, -0.15) is 21.6 Å². The molecule has 0 N–H and O–H groups in total. The molecule has 6 rings (SSSR count). The van der Waals surface area contributed by atoms with Crippen LogP contribution in [0.3, 0.4) is 0 Å². The first-order chi connectivity index (χ1) is 22.0. The van der Waals surface area contributed by atoms with Gasteiger partial charge in [-0.25, -0.2) is 4.39 Å². The van der Waals surface area contributed by atoms with Crippen LogP contribution in [0.5, 0.6) is 5.75 Å². The zero-order valence-corrected chi connectivity index (χ0v) is 25.1. The van der Waals surface area contributed by atoms with Crippen LogP contribution in [0.2, 0.25) is 0 Å². The standard InChI is InChI=1S/C37H25F4NO3S/c1-24-18-29(20-31(19-24)45-46(43,44)37(39,40)41)33-21-30(38)16-17-32(33)35-23-42-36(28-10-6-3-7-11-28)22-34(35)27-14-12-26(13-15-27)25-8-4-2-5-9-25/h2-23H,1H3. The van der Waals surface area contributed by atoms with Gasteiger partial charge in [-0.3, -0.25) is 4.98 Å². The second-order valence-corrected chi connectivity index (χ2v) is 12.2. The number of hydrogen-bond acceptors (Lipinski definition) is 4. The molecule has 46 heavy (non-hydrogen) atoms. The van der Waals surface area contributed by atoms with E-state index < -0.39 is 27.2 Å². The normalized spacial score (nSPS) is 11.8. The van der Waals surface area contributed by atoms with Gasteiger partial charge in [-0.1, -0.05) is 97.1 Å². The molecule has 1 heterocycles. The molecule has 4 nitrogen and oxygen atoms in total. The van der Waals surface area contributed by atoms with Crippen LogP contribution in [0.1, 0.15) is 5.56 Å². The maximum absolute atomic E-state index is 14.8. The summed E-state index contributed by atoms with van der Waals surface area (Å²) in [6.45, 7) is 1.57. The summed E-state index contributed by atoms with van der Waals surface area (Å²) >= 11 is 0. The van der Waals surface area contributed by atoms with Crippen molar-refractivity contribution in [2.24, 2.45) is 0 Å². The Morgan fingerprint density at radius 3 is 1.83 bits per heavy atom. The molecule has 0 aliphatic rings. The van der Waals surface area contributed by atoms with Crippen LogP contribution >= 0.6 is 0 Å². The first kappa shape index (κ1) is 30.7. The summed E-state index contributed by atoms with van der Waals surface area (Å²) in [4.78, 5) is 4.72. The molecule has 6 aromatic rings. The van der Waals surface area contributed by atoms with E-state index >= 15 is 0 Å². The fourth-order valence-corrected chi connectivity index (χ4v) is 5.71. The van der Waals surface area contributed by atoms with Gasteiger partial charge in [0.15, 0.2) is 0 Å². The van der Waals surface area contributed by atoms with Crippen LogP contribution in [0.4, 0.5) is 17.6 Å². The fraction of sp³-hybridized carbons (Fsp3) is 0.0541. The predicted octanol–water partition coefficient (Wildman–Crippen LogP) is 10.1. The van der Waals surface area contributed by atoms with Crippen LogP contribution in [-0.4, -0.2) is 18.9 Å². The summed E-state index contributed by atoms with van der Waals surface area (Å²) in [5, 5.41) is 0. The second kappa shape index (κ2) is 12.3. The van der Waals surface area contributed by atoms with Crippen molar-refractivity contribution in [1.29, 1.82) is 0 Å². The molecule has 0 spiro atoms. The molecule has 9 heteroatoms. The van der Waals surface area contributed by atoms with Crippen molar-refractivity contribution in [2.45, 2.75) is 12.4 Å². The van der Waals surface area contributed by atoms with E-state index in [1.54, 1.807) is 25.3 Å². The average molecular weight is 640 g/mol. The number of aromatic nitrogens is 1. The Morgan fingerprint density at radius 2 is 1.17 bits per heavy atom. The van der Waals surface area contributed by atoms with Crippen LogP contribution < -0.4 is 4.18 Å². The highest BCUT2D eigenvalue weighted by atomic mass is 32.2. The number of pyridine rings is 1. The minimum absolute atomic E-state index is 0.263. The molecular weight excluding hydrogens is 614 g/mol. The van der Waals surface area contributed by atoms with Gasteiger partial charge in [-0.05, 0) is 81.8 Å². The van der Waals surface area contributed by atoms with Gasteiger partial charge in [0, 0.05) is 17.3 Å². The van der Waals surface area contributed by atoms with Crippen molar-refractivity contribution in [3.8, 4) is 61.5 Å². The van der Waals surface area contributed by atoms with Gasteiger partial charge in [0.1, 0.15) is 11.6 Å². The summed E-state index contributed by atoms with van der Waals surface area (Å²) < 4.78 is 82.1. The lowest BCUT2D eigenvalue weighted by atomic mass is 9.89. The van der Waals surface area contributed by atoms with E-state index in [4.69, 9.17) is 4.98 Å². The van der Waals surface area contributed by atoms with Gasteiger partial charge in [-0.15, -0.1) is 0 Å². The molecule has 0 unspecified atom stereocenters. The number of halogens is 4. The Morgan fingerprint density at radius 1 is 0.587 bits per heavy atom. The lowest BCUT2D eigenvalue weighted by Crippen LogP contribution is -2.28. The molecule has 0 aliphatic carbocycles. The van der Waals surface area contributed by atoms with E-state index in [2.05, 4.69) is 4.18 Å². The highest BCUT2D eigenvalue weighted by Crippen LogP contribution is 2.41. The van der Waals surface area contributed by atoms with Gasteiger partial charge >= 0.3 is 15.6 Å². The van der Waals surface area contributed by atoms with E-state index in [0.29, 0.717) is 27.9 Å². The summed E-state index contributed by atoms with van der Waals surface area (Å²) in [6, 6.07) is 37.5. The molecule has 1 aromatic heterocycles. The minimum atomic E-state index is -5.92. The van der Waals surface area contributed by atoms with Crippen LogP contribution in [0, 0.1) is 12.7 Å². The molecule has 0 aliphatic heterocycles. The van der Waals surface area contributed by atoms with E-state index in [0.717, 1.165) is 33.9 Å². The van der Waals surface area contributed by atoms with Crippen LogP contribution in [-0.2, 0) is 10.1 Å². The Balaban J connectivity index is 1.52. The van der Waals surface area contributed by atoms with Gasteiger partial charge in [0.25, 0.3) is 0 Å². The monoisotopic (exact) mass is 639 g/mol. The summed E-state index contributed by atoms with van der Waals surface area (Å²) in [7, 11) is -5.92. The third-order valence-corrected chi connectivity index (χ3v) is 8.38. The number of hydrogen-bond donors (Lipinski definition) is 0. The smallest absolute Gasteiger partial charge is 0.376 e. The molecule has 0 saturated carbocycles. The van der Waals surface area contributed by atoms with Crippen molar-refractivity contribution in [3.63, 3.8) is 0 Å². The molecule has 0 atom stereocenters. The van der Waals surface area contributed by atoms with E-state index in [-0.39, 0.29) is 5.56 Å². The lowest BCUT2D eigenvalue weighted by Gasteiger charge is -2.17. The van der Waals surface area contributed by atoms with E-state index in [9.17, 15) is 26.0 Å². The molecular formula is C37H25F4NO3S. The molecule has 5 aromatic carbocycles. The Kier molecular flexibility index (Phi) is 8.19. The van der Waals surface area contributed by atoms with E-state index in [1.165, 1.54) is 18.2 Å². The summed E-state index contributed by atoms with van der Waals surface area (Å²) in [5.74, 6) is -1.13. The SMILES string of the molecule is Cc1cc(OS(=O)(=O)C(F)(F)F)cc(-c2cc(F)ccc2-c2cnc(-c3ccccc3)cc2-c2ccc(-c3ccccc3)cc2)c1. The maximum atomic E-state index is 14.8. The Bertz CT molecular complexity index is 2130.